The summed E-state index contributed by atoms with van der Waals surface area (Å²) in [4.78, 5) is 23.7. The van der Waals surface area contributed by atoms with Gasteiger partial charge < -0.3 is 20.4 Å². The van der Waals surface area contributed by atoms with Gasteiger partial charge in [-0.2, -0.15) is 5.26 Å². The Morgan fingerprint density at radius 3 is 2.48 bits per heavy atom. The van der Waals surface area contributed by atoms with Crippen molar-refractivity contribution >= 4 is 50.3 Å². The molecule has 0 saturated carbocycles. The SMILES string of the molecule is CC(=O)Nc1cc(N(CCO)CCO)ccc1/N=N/c1c(Br)cc([N+](=O)[O-])cc1C#N. The molecular formula is C19H19BrN6O5. The quantitative estimate of drug-likeness (QED) is 0.275. The lowest BCUT2D eigenvalue weighted by molar-refractivity contribution is -0.384. The maximum Gasteiger partial charge on any atom is 0.272 e. The van der Waals surface area contributed by atoms with Crippen LogP contribution in [0.15, 0.2) is 45.0 Å². The zero-order valence-corrected chi connectivity index (χ0v) is 18.0. The van der Waals surface area contributed by atoms with Gasteiger partial charge in [0.1, 0.15) is 17.4 Å². The number of benzene rings is 2. The van der Waals surface area contributed by atoms with Crippen molar-refractivity contribution in [2.45, 2.75) is 6.92 Å². The van der Waals surface area contributed by atoms with E-state index >= 15 is 0 Å². The second kappa shape index (κ2) is 11.1. The molecule has 11 nitrogen and oxygen atoms in total. The minimum Gasteiger partial charge on any atom is -0.395 e. The average Bonchev–Trinajstić information content (AvgIpc) is 2.72. The molecule has 0 heterocycles. The number of nitrogens with one attached hydrogen (secondary N) is 1. The van der Waals surface area contributed by atoms with Crippen molar-refractivity contribution in [2.75, 3.05) is 36.5 Å². The number of aliphatic hydroxyl groups is 2. The van der Waals surface area contributed by atoms with E-state index in [1.165, 1.54) is 13.0 Å². The summed E-state index contributed by atoms with van der Waals surface area (Å²) in [5.74, 6) is -0.348. The number of nitriles is 1. The van der Waals surface area contributed by atoms with Crippen molar-refractivity contribution in [2.24, 2.45) is 10.2 Å². The number of carbonyl (C=O) groups is 1. The molecule has 0 atom stereocenters. The van der Waals surface area contributed by atoms with E-state index in [2.05, 4.69) is 31.5 Å². The van der Waals surface area contributed by atoms with E-state index in [0.717, 1.165) is 6.07 Å². The minimum atomic E-state index is -0.620. The van der Waals surface area contributed by atoms with Crippen LogP contribution in [0, 0.1) is 21.4 Å². The van der Waals surface area contributed by atoms with E-state index in [1.807, 2.05) is 6.07 Å². The van der Waals surface area contributed by atoms with Crippen LogP contribution < -0.4 is 10.2 Å². The Balaban J connectivity index is 2.49. The molecule has 0 bridgehead atoms. The van der Waals surface area contributed by atoms with Crippen molar-refractivity contribution in [1.29, 1.82) is 5.26 Å². The molecule has 3 N–H and O–H groups in total. The third-order valence-corrected chi connectivity index (χ3v) is 4.64. The highest BCUT2D eigenvalue weighted by molar-refractivity contribution is 9.10. The third-order valence-electron chi connectivity index (χ3n) is 4.03. The Kier molecular flexibility index (Phi) is 8.56. The summed E-state index contributed by atoms with van der Waals surface area (Å²) >= 11 is 3.17. The molecule has 0 aliphatic heterocycles. The highest BCUT2D eigenvalue weighted by atomic mass is 79.9. The van der Waals surface area contributed by atoms with Gasteiger partial charge in [-0.15, -0.1) is 10.2 Å². The first kappa shape index (κ1) is 23.9. The smallest absolute Gasteiger partial charge is 0.272 e. The van der Waals surface area contributed by atoms with Crippen LogP contribution in [0.3, 0.4) is 0 Å². The number of hydrogen-bond acceptors (Lipinski definition) is 9. The van der Waals surface area contributed by atoms with Crippen molar-refractivity contribution < 1.29 is 19.9 Å². The first-order valence-electron chi connectivity index (χ1n) is 8.98. The topological polar surface area (TPSA) is 164 Å². The predicted molar refractivity (Wildman–Crippen MR) is 117 cm³/mol. The van der Waals surface area contributed by atoms with Crippen molar-refractivity contribution in [3.05, 3.63) is 50.5 Å². The Labute approximate surface area is 185 Å². The molecular weight excluding hydrogens is 472 g/mol. The number of aliphatic hydroxyl groups excluding tert-OH is 2. The molecule has 2 rings (SSSR count). The van der Waals surface area contributed by atoms with Crippen LogP contribution in [0.4, 0.5) is 28.4 Å². The van der Waals surface area contributed by atoms with Crippen molar-refractivity contribution in [3.8, 4) is 6.07 Å². The summed E-state index contributed by atoms with van der Waals surface area (Å²) in [7, 11) is 0. The lowest BCUT2D eigenvalue weighted by Crippen LogP contribution is -2.29. The number of carbonyl (C=O) groups excluding carboxylic acids is 1. The maximum absolute atomic E-state index is 11.6. The fourth-order valence-corrected chi connectivity index (χ4v) is 3.22. The normalized spacial score (nSPS) is 10.7. The number of halogens is 1. The number of nitro benzene ring substituents is 1. The zero-order chi connectivity index (χ0) is 23.0. The van der Waals surface area contributed by atoms with Gasteiger partial charge in [0, 0.05) is 37.8 Å². The standard InChI is InChI=1S/C19H19BrN6O5/c1-12(29)22-18-10-14(25(4-6-27)5-7-28)2-3-17(18)23-24-19-13(11-21)8-15(26(30)31)9-16(19)20/h2-3,8-10,27-28H,4-7H2,1H3,(H,22,29)/b24-23+. The van der Waals surface area contributed by atoms with Gasteiger partial charge in [0.25, 0.3) is 5.69 Å². The zero-order valence-electron chi connectivity index (χ0n) is 16.4. The first-order chi connectivity index (χ1) is 14.8. The molecule has 2 aromatic rings. The maximum atomic E-state index is 11.6. The highest BCUT2D eigenvalue weighted by Gasteiger charge is 2.16. The van der Waals surface area contributed by atoms with Crippen molar-refractivity contribution in [1.82, 2.24) is 0 Å². The highest BCUT2D eigenvalue weighted by Crippen LogP contribution is 2.36. The summed E-state index contributed by atoms with van der Waals surface area (Å²) in [5, 5.41) is 49.6. The van der Waals surface area contributed by atoms with Gasteiger partial charge in [-0.25, -0.2) is 0 Å². The van der Waals surface area contributed by atoms with E-state index in [0.29, 0.717) is 11.4 Å². The Morgan fingerprint density at radius 1 is 1.26 bits per heavy atom. The van der Waals surface area contributed by atoms with Crippen LogP contribution in [0.2, 0.25) is 0 Å². The van der Waals surface area contributed by atoms with E-state index in [-0.39, 0.29) is 59.3 Å². The van der Waals surface area contributed by atoms with Crippen molar-refractivity contribution in [3.63, 3.8) is 0 Å². The predicted octanol–water partition coefficient (Wildman–Crippen LogP) is 3.39. The number of hydrogen-bond donors (Lipinski definition) is 3. The summed E-state index contributed by atoms with van der Waals surface area (Å²) in [6.45, 7) is 1.64. The lowest BCUT2D eigenvalue weighted by Gasteiger charge is -2.23. The average molecular weight is 491 g/mol. The summed E-state index contributed by atoms with van der Waals surface area (Å²) in [6, 6.07) is 9.05. The van der Waals surface area contributed by atoms with Gasteiger partial charge in [0.2, 0.25) is 5.91 Å². The van der Waals surface area contributed by atoms with Crippen LogP contribution >= 0.6 is 15.9 Å². The van der Waals surface area contributed by atoms with Gasteiger partial charge in [-0.1, -0.05) is 0 Å². The minimum absolute atomic E-state index is 0.0420. The van der Waals surface area contributed by atoms with Crippen LogP contribution in [0.1, 0.15) is 12.5 Å². The Morgan fingerprint density at radius 2 is 1.94 bits per heavy atom. The molecule has 0 saturated heterocycles. The van der Waals surface area contributed by atoms with Gasteiger partial charge in [-0.3, -0.25) is 14.9 Å². The molecule has 0 radical (unpaired) electrons. The number of azo groups is 1. The molecule has 2 aromatic carbocycles. The molecule has 31 heavy (non-hydrogen) atoms. The van der Waals surface area contributed by atoms with Crippen LogP contribution in [0.5, 0.6) is 0 Å². The second-order valence-electron chi connectivity index (χ2n) is 6.21. The summed E-state index contributed by atoms with van der Waals surface area (Å²) < 4.78 is 0.219. The molecule has 0 aliphatic carbocycles. The molecule has 0 unspecified atom stereocenters. The van der Waals surface area contributed by atoms with Crippen LogP contribution in [-0.2, 0) is 4.79 Å². The molecule has 0 aliphatic rings. The molecule has 12 heteroatoms. The van der Waals surface area contributed by atoms with E-state index in [4.69, 9.17) is 0 Å². The molecule has 0 spiro atoms. The van der Waals surface area contributed by atoms with Gasteiger partial charge in [-0.05, 0) is 34.1 Å². The summed E-state index contributed by atoms with van der Waals surface area (Å²) in [5.41, 5.74) is 1.04. The number of nitrogens with zero attached hydrogens (tertiary/aromatic N) is 5. The number of anilines is 2. The van der Waals surface area contributed by atoms with Gasteiger partial charge in [0.15, 0.2) is 0 Å². The lowest BCUT2D eigenvalue weighted by atomic mass is 10.2. The Hall–Kier alpha value is -3.40. The second-order valence-corrected chi connectivity index (χ2v) is 7.06. The Bertz CT molecular complexity index is 1050. The first-order valence-corrected chi connectivity index (χ1v) is 9.78. The number of non-ortho nitro benzene ring substituents is 1. The third kappa shape index (κ3) is 6.29. The number of rotatable bonds is 9. The molecule has 162 valence electrons. The monoisotopic (exact) mass is 490 g/mol. The number of amides is 1. The fraction of sp³-hybridized carbons (Fsp3) is 0.263. The molecule has 0 aromatic heterocycles. The fourth-order valence-electron chi connectivity index (χ4n) is 2.69. The van der Waals surface area contributed by atoms with Crippen LogP contribution in [0.25, 0.3) is 0 Å². The number of nitro groups is 1. The van der Waals surface area contributed by atoms with Gasteiger partial charge >= 0.3 is 0 Å². The summed E-state index contributed by atoms with van der Waals surface area (Å²) in [6.07, 6.45) is 0. The van der Waals surface area contributed by atoms with E-state index < -0.39 is 4.92 Å². The van der Waals surface area contributed by atoms with E-state index in [1.54, 1.807) is 23.1 Å². The largest absolute Gasteiger partial charge is 0.395 e. The molecule has 1 amide bonds. The van der Waals surface area contributed by atoms with Gasteiger partial charge in [0.05, 0.1) is 33.9 Å². The van der Waals surface area contributed by atoms with Crippen LogP contribution in [-0.4, -0.2) is 47.3 Å². The molecule has 0 fully saturated rings. The van der Waals surface area contributed by atoms with E-state index in [9.17, 15) is 30.4 Å².